The predicted octanol–water partition coefficient (Wildman–Crippen LogP) is 3.45. The van der Waals surface area contributed by atoms with Crippen molar-refractivity contribution in [1.82, 2.24) is 5.32 Å². The third-order valence-corrected chi connectivity index (χ3v) is 3.66. The van der Waals surface area contributed by atoms with E-state index in [1.54, 1.807) is 38.3 Å². The number of carbonyl (C=O) groups excluding carboxylic acids is 1. The van der Waals surface area contributed by atoms with Gasteiger partial charge in [-0.3, -0.25) is 14.9 Å². The molecule has 1 amide bonds. The fraction of sp³-hybridized carbons (Fsp3) is 0.235. The zero-order valence-corrected chi connectivity index (χ0v) is 14.4. The molecule has 0 aliphatic rings. The Labute approximate surface area is 149 Å². The molecule has 0 aliphatic heterocycles. The molecule has 0 fully saturated rings. The largest absolute Gasteiger partial charge is 0.497 e. The minimum Gasteiger partial charge on any atom is -0.497 e. The number of rotatable bonds is 7. The minimum absolute atomic E-state index is 0.0231. The maximum Gasteiger partial charge on any atom is 0.270 e. The number of nitro benzene ring substituents is 1. The van der Waals surface area contributed by atoms with E-state index in [-0.39, 0.29) is 28.9 Å². The van der Waals surface area contributed by atoms with Crippen molar-refractivity contribution in [3.05, 3.63) is 63.2 Å². The summed E-state index contributed by atoms with van der Waals surface area (Å²) in [4.78, 5) is 22.3. The lowest BCUT2D eigenvalue weighted by molar-refractivity contribution is -0.384. The molecule has 0 aliphatic carbocycles. The van der Waals surface area contributed by atoms with E-state index in [0.717, 1.165) is 11.8 Å². The quantitative estimate of drug-likeness (QED) is 0.600. The van der Waals surface area contributed by atoms with Gasteiger partial charge in [-0.15, -0.1) is 0 Å². The van der Waals surface area contributed by atoms with Crippen LogP contribution in [0.5, 0.6) is 11.5 Å². The lowest BCUT2D eigenvalue weighted by Crippen LogP contribution is -2.36. The molecule has 25 heavy (non-hydrogen) atoms. The number of halogens is 1. The average molecular weight is 365 g/mol. The van der Waals surface area contributed by atoms with Crippen LogP contribution in [-0.4, -0.2) is 30.6 Å². The maximum atomic E-state index is 12.2. The third-order valence-electron chi connectivity index (χ3n) is 3.35. The van der Waals surface area contributed by atoms with Crippen LogP contribution in [0.15, 0.2) is 42.5 Å². The van der Waals surface area contributed by atoms with E-state index in [1.165, 1.54) is 12.1 Å². The van der Waals surface area contributed by atoms with Crippen molar-refractivity contribution in [2.24, 2.45) is 0 Å². The molecule has 0 heterocycles. The summed E-state index contributed by atoms with van der Waals surface area (Å²) in [5, 5.41) is 13.5. The van der Waals surface area contributed by atoms with E-state index >= 15 is 0 Å². The fourth-order valence-corrected chi connectivity index (χ4v) is 2.30. The molecule has 0 spiro atoms. The Hall–Kier alpha value is -2.80. The molecule has 1 atom stereocenters. The Balaban J connectivity index is 1.92. The number of hydrogen-bond acceptors (Lipinski definition) is 5. The Morgan fingerprint density at radius 1 is 1.24 bits per heavy atom. The first-order valence-electron chi connectivity index (χ1n) is 7.42. The van der Waals surface area contributed by atoms with Gasteiger partial charge in [0.25, 0.3) is 11.6 Å². The molecule has 132 valence electrons. The van der Waals surface area contributed by atoms with Gasteiger partial charge in [-0.25, -0.2) is 0 Å². The van der Waals surface area contributed by atoms with E-state index in [1.807, 2.05) is 0 Å². The lowest BCUT2D eigenvalue weighted by atomic mass is 10.2. The summed E-state index contributed by atoms with van der Waals surface area (Å²) in [5.74, 6) is 0.947. The number of hydrogen-bond donors (Lipinski definition) is 1. The SMILES string of the molecule is COc1ccc(OCC(C)NC(=O)c2ccc([N+](=O)[O-])cc2Cl)cc1. The Bertz CT molecular complexity index is 764. The average Bonchev–Trinajstić information content (AvgIpc) is 2.60. The van der Waals surface area contributed by atoms with Crippen molar-refractivity contribution in [3.63, 3.8) is 0 Å². The van der Waals surface area contributed by atoms with Gasteiger partial charge < -0.3 is 14.8 Å². The van der Waals surface area contributed by atoms with Crippen molar-refractivity contribution in [3.8, 4) is 11.5 Å². The number of ether oxygens (including phenoxy) is 2. The number of carbonyl (C=O) groups is 1. The van der Waals surface area contributed by atoms with Crippen LogP contribution in [0.4, 0.5) is 5.69 Å². The van der Waals surface area contributed by atoms with E-state index in [2.05, 4.69) is 5.32 Å². The van der Waals surface area contributed by atoms with E-state index in [0.29, 0.717) is 5.75 Å². The molecule has 0 radical (unpaired) electrons. The van der Waals surface area contributed by atoms with Crippen LogP contribution in [0.1, 0.15) is 17.3 Å². The summed E-state index contributed by atoms with van der Waals surface area (Å²) in [6.07, 6.45) is 0. The summed E-state index contributed by atoms with van der Waals surface area (Å²) in [6, 6.07) is 10.5. The molecule has 0 bridgehead atoms. The number of nitrogens with one attached hydrogen (secondary N) is 1. The van der Waals surface area contributed by atoms with Crippen LogP contribution in [0, 0.1) is 10.1 Å². The van der Waals surface area contributed by atoms with Gasteiger partial charge in [0.2, 0.25) is 0 Å². The van der Waals surface area contributed by atoms with Gasteiger partial charge >= 0.3 is 0 Å². The summed E-state index contributed by atoms with van der Waals surface area (Å²) in [7, 11) is 1.58. The second-order valence-corrected chi connectivity index (χ2v) is 5.69. The van der Waals surface area contributed by atoms with Crippen LogP contribution < -0.4 is 14.8 Å². The molecule has 2 aromatic rings. The van der Waals surface area contributed by atoms with Crippen LogP contribution in [-0.2, 0) is 0 Å². The molecule has 2 rings (SSSR count). The van der Waals surface area contributed by atoms with Gasteiger partial charge in [-0.1, -0.05) is 11.6 Å². The zero-order valence-electron chi connectivity index (χ0n) is 13.7. The molecule has 0 saturated carbocycles. The monoisotopic (exact) mass is 364 g/mol. The van der Waals surface area contributed by atoms with Crippen LogP contribution in [0.2, 0.25) is 5.02 Å². The van der Waals surface area contributed by atoms with Crippen molar-refractivity contribution in [2.75, 3.05) is 13.7 Å². The van der Waals surface area contributed by atoms with Gasteiger partial charge in [0, 0.05) is 12.1 Å². The molecule has 7 nitrogen and oxygen atoms in total. The van der Waals surface area contributed by atoms with Gasteiger partial charge in [0.05, 0.1) is 28.7 Å². The molecule has 2 aromatic carbocycles. The van der Waals surface area contributed by atoms with Crippen molar-refractivity contribution >= 4 is 23.2 Å². The maximum absolute atomic E-state index is 12.2. The van der Waals surface area contributed by atoms with Gasteiger partial charge in [0.15, 0.2) is 0 Å². The van der Waals surface area contributed by atoms with Gasteiger partial charge in [0.1, 0.15) is 18.1 Å². The molecular formula is C17H17ClN2O5. The topological polar surface area (TPSA) is 90.7 Å². The van der Waals surface area contributed by atoms with E-state index < -0.39 is 10.8 Å². The Kier molecular flexibility index (Phi) is 6.19. The number of nitrogens with zero attached hydrogens (tertiary/aromatic N) is 1. The van der Waals surface area contributed by atoms with Gasteiger partial charge in [-0.2, -0.15) is 0 Å². The number of amides is 1. The normalized spacial score (nSPS) is 11.5. The summed E-state index contributed by atoms with van der Waals surface area (Å²) in [6.45, 7) is 2.03. The second kappa shape index (κ2) is 8.34. The van der Waals surface area contributed by atoms with Gasteiger partial charge in [-0.05, 0) is 37.3 Å². The number of methoxy groups -OCH3 is 1. The molecule has 8 heteroatoms. The highest BCUT2D eigenvalue weighted by Gasteiger charge is 2.16. The summed E-state index contributed by atoms with van der Waals surface area (Å²) >= 11 is 5.94. The first-order valence-corrected chi connectivity index (χ1v) is 7.80. The van der Waals surface area contributed by atoms with Crippen LogP contribution in [0.25, 0.3) is 0 Å². The molecule has 1 unspecified atom stereocenters. The highest BCUT2D eigenvalue weighted by molar-refractivity contribution is 6.34. The number of non-ortho nitro benzene ring substituents is 1. The fourth-order valence-electron chi connectivity index (χ4n) is 2.04. The first-order chi connectivity index (χ1) is 11.9. The smallest absolute Gasteiger partial charge is 0.270 e. The molecule has 0 saturated heterocycles. The van der Waals surface area contributed by atoms with E-state index in [4.69, 9.17) is 21.1 Å². The van der Waals surface area contributed by atoms with Crippen molar-refractivity contribution < 1.29 is 19.2 Å². The first kappa shape index (κ1) is 18.5. The van der Waals surface area contributed by atoms with Crippen molar-refractivity contribution in [1.29, 1.82) is 0 Å². The third kappa shape index (κ3) is 5.09. The Morgan fingerprint density at radius 2 is 1.88 bits per heavy atom. The van der Waals surface area contributed by atoms with Crippen molar-refractivity contribution in [2.45, 2.75) is 13.0 Å². The Morgan fingerprint density at radius 3 is 2.44 bits per heavy atom. The lowest BCUT2D eigenvalue weighted by Gasteiger charge is -2.15. The molecule has 0 aromatic heterocycles. The highest BCUT2D eigenvalue weighted by atomic mass is 35.5. The zero-order chi connectivity index (χ0) is 18.4. The highest BCUT2D eigenvalue weighted by Crippen LogP contribution is 2.22. The molecule has 1 N–H and O–H groups in total. The summed E-state index contributed by atoms with van der Waals surface area (Å²) < 4.78 is 10.7. The second-order valence-electron chi connectivity index (χ2n) is 5.28. The number of benzene rings is 2. The number of nitro groups is 1. The van der Waals surface area contributed by atoms with Crippen LogP contribution in [0.3, 0.4) is 0 Å². The van der Waals surface area contributed by atoms with E-state index in [9.17, 15) is 14.9 Å². The summed E-state index contributed by atoms with van der Waals surface area (Å²) in [5.41, 5.74) is 0.000927. The van der Waals surface area contributed by atoms with Crippen LogP contribution >= 0.6 is 11.6 Å². The predicted molar refractivity (Wildman–Crippen MR) is 93.5 cm³/mol. The minimum atomic E-state index is -0.571. The standard InChI is InChI=1S/C17H17ClN2O5/c1-11(10-25-14-6-4-13(24-2)5-7-14)19-17(21)15-8-3-12(20(22)23)9-16(15)18/h3-9,11H,10H2,1-2H3,(H,19,21). The molecular weight excluding hydrogens is 348 g/mol.